The number of nitro groups is 1. The van der Waals surface area contributed by atoms with Gasteiger partial charge in [-0.25, -0.2) is 4.79 Å². The second-order valence-corrected chi connectivity index (χ2v) is 6.56. The molecule has 0 saturated carbocycles. The number of aliphatic hydroxyl groups is 1. The largest absolute Gasteiger partial charge is 0.491 e. The molecule has 0 bridgehead atoms. The second-order valence-electron chi connectivity index (χ2n) is 6.12. The summed E-state index contributed by atoms with van der Waals surface area (Å²) in [7, 11) is 0. The van der Waals surface area contributed by atoms with Crippen molar-refractivity contribution < 1.29 is 24.7 Å². The fourth-order valence-electron chi connectivity index (χ4n) is 2.60. The zero-order valence-electron chi connectivity index (χ0n) is 14.9. The van der Waals surface area contributed by atoms with Crippen molar-refractivity contribution in [1.29, 1.82) is 0 Å². The molecule has 1 aromatic heterocycles. The summed E-state index contributed by atoms with van der Waals surface area (Å²) in [4.78, 5) is 21.6. The van der Waals surface area contributed by atoms with Crippen molar-refractivity contribution in [2.45, 2.75) is 12.6 Å². The van der Waals surface area contributed by atoms with Gasteiger partial charge in [0.05, 0.1) is 17.2 Å². The Morgan fingerprint density at radius 2 is 1.86 bits per heavy atom. The second kappa shape index (κ2) is 8.72. The van der Waals surface area contributed by atoms with E-state index in [1.54, 1.807) is 24.3 Å². The van der Waals surface area contributed by atoms with Crippen LogP contribution in [0.3, 0.4) is 0 Å². The standard InChI is InChI=1S/C19H16ClN3O6/c20-13-3-1-12(2-4-13)17-9-18(19(25)26)22(21-17)10-15(24)11-29-16-7-5-14(6-8-16)23(27)28/h1-9,15,24H,10-11H2,(H,25,26). The van der Waals surface area contributed by atoms with E-state index in [2.05, 4.69) is 5.10 Å². The zero-order chi connectivity index (χ0) is 21.0. The van der Waals surface area contributed by atoms with Gasteiger partial charge >= 0.3 is 5.97 Å². The third-order valence-electron chi connectivity index (χ3n) is 4.01. The summed E-state index contributed by atoms with van der Waals surface area (Å²) in [5, 5.41) is 35.1. The molecule has 10 heteroatoms. The van der Waals surface area contributed by atoms with Crippen molar-refractivity contribution in [3.63, 3.8) is 0 Å². The summed E-state index contributed by atoms with van der Waals surface area (Å²) in [5.41, 5.74) is 0.967. The molecule has 0 fully saturated rings. The maximum absolute atomic E-state index is 11.5. The molecule has 0 aliphatic heterocycles. The Bertz CT molecular complexity index is 1020. The molecule has 0 spiro atoms. The molecule has 0 amide bonds. The number of non-ortho nitro benzene ring substituents is 1. The molecule has 2 aromatic carbocycles. The molecule has 0 radical (unpaired) electrons. The monoisotopic (exact) mass is 417 g/mol. The number of aromatic nitrogens is 2. The Morgan fingerprint density at radius 3 is 2.45 bits per heavy atom. The van der Waals surface area contributed by atoms with Gasteiger partial charge in [-0.05, 0) is 30.3 Å². The summed E-state index contributed by atoms with van der Waals surface area (Å²) in [5.74, 6) is -0.836. The Kier molecular flexibility index (Phi) is 6.10. The van der Waals surface area contributed by atoms with Crippen LogP contribution in [0.2, 0.25) is 5.02 Å². The highest BCUT2D eigenvalue weighted by atomic mass is 35.5. The number of carbonyl (C=O) groups is 1. The van der Waals surface area contributed by atoms with E-state index in [-0.39, 0.29) is 24.5 Å². The highest BCUT2D eigenvalue weighted by Crippen LogP contribution is 2.22. The molecular weight excluding hydrogens is 402 g/mol. The van der Waals surface area contributed by atoms with Gasteiger partial charge < -0.3 is 14.9 Å². The highest BCUT2D eigenvalue weighted by Gasteiger charge is 2.18. The summed E-state index contributed by atoms with van der Waals surface area (Å²) in [6, 6.07) is 13.6. The molecule has 3 aromatic rings. The van der Waals surface area contributed by atoms with E-state index >= 15 is 0 Å². The molecule has 2 N–H and O–H groups in total. The van der Waals surface area contributed by atoms with E-state index in [0.29, 0.717) is 22.0 Å². The average molecular weight is 418 g/mol. The Balaban J connectivity index is 1.68. The van der Waals surface area contributed by atoms with Gasteiger partial charge in [0.2, 0.25) is 0 Å². The van der Waals surface area contributed by atoms with Gasteiger partial charge in [-0.1, -0.05) is 23.7 Å². The molecule has 150 valence electrons. The molecule has 1 atom stereocenters. The predicted molar refractivity (Wildman–Crippen MR) is 104 cm³/mol. The number of hydrogen-bond donors (Lipinski definition) is 2. The predicted octanol–water partition coefficient (Wildman–Crippen LogP) is 3.25. The summed E-state index contributed by atoms with van der Waals surface area (Å²) >= 11 is 5.86. The fourth-order valence-corrected chi connectivity index (χ4v) is 2.72. The number of carboxylic acids is 1. The van der Waals surface area contributed by atoms with Crippen molar-refractivity contribution in [3.05, 3.63) is 75.4 Å². The van der Waals surface area contributed by atoms with E-state index in [9.17, 15) is 25.1 Å². The lowest BCUT2D eigenvalue weighted by Gasteiger charge is -2.13. The van der Waals surface area contributed by atoms with E-state index in [0.717, 1.165) is 0 Å². The lowest BCUT2D eigenvalue weighted by molar-refractivity contribution is -0.384. The first kappa shape index (κ1) is 20.3. The number of rotatable bonds is 8. The Hall–Kier alpha value is -3.43. The van der Waals surface area contributed by atoms with Crippen molar-refractivity contribution in [1.82, 2.24) is 9.78 Å². The smallest absolute Gasteiger partial charge is 0.354 e. The topological polar surface area (TPSA) is 128 Å². The minimum Gasteiger partial charge on any atom is -0.491 e. The lowest BCUT2D eigenvalue weighted by Crippen LogP contribution is -2.26. The molecule has 0 saturated heterocycles. The van der Waals surface area contributed by atoms with Crippen molar-refractivity contribution in [2.24, 2.45) is 0 Å². The van der Waals surface area contributed by atoms with Crippen LogP contribution >= 0.6 is 11.6 Å². The van der Waals surface area contributed by atoms with Gasteiger partial charge in [-0.3, -0.25) is 14.8 Å². The molecule has 0 aliphatic carbocycles. The van der Waals surface area contributed by atoms with Crippen LogP contribution in [0.1, 0.15) is 10.5 Å². The minimum absolute atomic E-state index is 0.0738. The molecule has 0 aliphatic rings. The average Bonchev–Trinajstić information content (AvgIpc) is 3.11. The summed E-state index contributed by atoms with van der Waals surface area (Å²) < 4.78 is 6.59. The van der Waals surface area contributed by atoms with E-state index in [4.69, 9.17) is 16.3 Å². The maximum Gasteiger partial charge on any atom is 0.354 e. The SMILES string of the molecule is O=C(O)c1cc(-c2ccc(Cl)cc2)nn1CC(O)COc1ccc([N+](=O)[O-])cc1. The number of nitro benzene ring substituents is 1. The van der Waals surface area contributed by atoms with Crippen molar-refractivity contribution in [2.75, 3.05) is 6.61 Å². The number of aromatic carboxylic acids is 1. The van der Waals surface area contributed by atoms with Gasteiger partial charge in [-0.2, -0.15) is 5.10 Å². The summed E-state index contributed by atoms with van der Waals surface area (Å²) in [6.07, 6.45) is -1.05. The number of halogens is 1. The van der Waals surface area contributed by atoms with E-state index in [1.165, 1.54) is 35.0 Å². The van der Waals surface area contributed by atoms with Crippen LogP contribution in [0.5, 0.6) is 5.75 Å². The fraction of sp³-hybridized carbons (Fsp3) is 0.158. The molecule has 29 heavy (non-hydrogen) atoms. The van der Waals surface area contributed by atoms with Crippen LogP contribution in [0.4, 0.5) is 5.69 Å². The molecule has 1 heterocycles. The lowest BCUT2D eigenvalue weighted by atomic mass is 10.1. The van der Waals surface area contributed by atoms with Crippen LogP contribution in [-0.4, -0.2) is 43.6 Å². The maximum atomic E-state index is 11.5. The van der Waals surface area contributed by atoms with Crippen LogP contribution in [0.25, 0.3) is 11.3 Å². The number of carboxylic acid groups (broad SMARTS) is 1. The third-order valence-corrected chi connectivity index (χ3v) is 4.26. The minimum atomic E-state index is -1.18. The number of ether oxygens (including phenoxy) is 1. The van der Waals surface area contributed by atoms with Gasteiger partial charge in [0, 0.05) is 22.7 Å². The normalized spacial score (nSPS) is 11.8. The van der Waals surface area contributed by atoms with Gasteiger partial charge in [0.25, 0.3) is 5.69 Å². The van der Waals surface area contributed by atoms with Crippen LogP contribution in [0, 0.1) is 10.1 Å². The van der Waals surface area contributed by atoms with Gasteiger partial charge in [0.1, 0.15) is 24.2 Å². The van der Waals surface area contributed by atoms with E-state index in [1.807, 2.05) is 0 Å². The van der Waals surface area contributed by atoms with E-state index < -0.39 is 17.0 Å². The Morgan fingerprint density at radius 1 is 1.21 bits per heavy atom. The molecular formula is C19H16ClN3O6. The molecule has 1 unspecified atom stereocenters. The molecule has 3 rings (SSSR count). The van der Waals surface area contributed by atoms with Crippen molar-refractivity contribution in [3.8, 4) is 17.0 Å². The number of aliphatic hydroxyl groups excluding tert-OH is 1. The Labute approximate surface area is 169 Å². The third kappa shape index (κ3) is 5.09. The highest BCUT2D eigenvalue weighted by molar-refractivity contribution is 6.30. The summed E-state index contributed by atoms with van der Waals surface area (Å²) in [6.45, 7) is -0.255. The first-order valence-corrected chi connectivity index (χ1v) is 8.83. The number of benzene rings is 2. The van der Waals surface area contributed by atoms with Gasteiger partial charge in [-0.15, -0.1) is 0 Å². The molecule has 9 nitrogen and oxygen atoms in total. The van der Waals surface area contributed by atoms with Crippen LogP contribution < -0.4 is 4.74 Å². The first-order valence-electron chi connectivity index (χ1n) is 8.46. The quantitative estimate of drug-likeness (QED) is 0.425. The van der Waals surface area contributed by atoms with Gasteiger partial charge in [0.15, 0.2) is 0 Å². The van der Waals surface area contributed by atoms with Crippen LogP contribution in [-0.2, 0) is 6.54 Å². The first-order chi connectivity index (χ1) is 13.8. The van der Waals surface area contributed by atoms with Crippen LogP contribution in [0.15, 0.2) is 54.6 Å². The zero-order valence-corrected chi connectivity index (χ0v) is 15.7. The number of hydrogen-bond acceptors (Lipinski definition) is 6. The van der Waals surface area contributed by atoms with Crippen molar-refractivity contribution >= 4 is 23.3 Å². The number of nitrogens with zero attached hydrogens (tertiary/aromatic N) is 3.